The summed E-state index contributed by atoms with van der Waals surface area (Å²) in [5.41, 5.74) is 0.989. The van der Waals surface area contributed by atoms with Gasteiger partial charge in [-0.3, -0.25) is 4.79 Å². The average Bonchev–Trinajstić information content (AvgIpc) is 2.52. The van der Waals surface area contributed by atoms with Crippen molar-refractivity contribution in [2.45, 2.75) is 6.92 Å². The fourth-order valence-electron chi connectivity index (χ4n) is 1.83. The lowest BCUT2D eigenvalue weighted by molar-refractivity contribution is -0.112. The molecule has 122 valence electrons. The van der Waals surface area contributed by atoms with Gasteiger partial charge in [0.25, 0.3) is 5.91 Å². The topological polar surface area (TPSA) is 111 Å². The molecular weight excluding hydrogens is 310 g/mol. The highest BCUT2D eigenvalue weighted by atomic mass is 16.4. The van der Waals surface area contributed by atoms with Crippen LogP contribution >= 0.6 is 0 Å². The Morgan fingerprint density at radius 1 is 1.12 bits per heavy atom. The van der Waals surface area contributed by atoms with Crippen molar-refractivity contribution >= 4 is 28.9 Å². The van der Waals surface area contributed by atoms with E-state index in [0.717, 1.165) is 0 Å². The lowest BCUT2D eigenvalue weighted by Crippen LogP contribution is -2.11. The maximum absolute atomic E-state index is 11.6. The van der Waals surface area contributed by atoms with Gasteiger partial charge < -0.3 is 15.5 Å². The van der Waals surface area contributed by atoms with Crippen LogP contribution in [-0.2, 0) is 4.79 Å². The second-order valence-electron chi connectivity index (χ2n) is 4.96. The Hall–Kier alpha value is -3.48. The molecule has 0 aromatic heterocycles. The van der Waals surface area contributed by atoms with Crippen LogP contribution in [0, 0.1) is 0 Å². The van der Waals surface area contributed by atoms with Gasteiger partial charge in [0, 0.05) is 11.3 Å². The molecule has 0 unspecified atom stereocenters. The molecule has 1 amide bonds. The van der Waals surface area contributed by atoms with Crippen molar-refractivity contribution in [3.8, 4) is 5.75 Å². The first-order valence-electron chi connectivity index (χ1n) is 6.92. The highest BCUT2D eigenvalue weighted by Crippen LogP contribution is 2.29. The second kappa shape index (κ2) is 7.19. The highest BCUT2D eigenvalue weighted by molar-refractivity contribution is 6.03. The zero-order valence-corrected chi connectivity index (χ0v) is 12.9. The molecule has 3 N–H and O–H groups in total. The van der Waals surface area contributed by atoms with Gasteiger partial charge in [-0.05, 0) is 37.3 Å². The van der Waals surface area contributed by atoms with Crippen LogP contribution in [0.15, 0.2) is 64.8 Å². The van der Waals surface area contributed by atoms with E-state index >= 15 is 0 Å². The predicted octanol–water partition coefficient (Wildman–Crippen LogP) is 4.02. The zero-order chi connectivity index (χ0) is 17.7. The first-order valence-corrected chi connectivity index (χ1v) is 6.92. The Kier molecular flexibility index (Phi) is 5.06. The van der Waals surface area contributed by atoms with E-state index < -0.39 is 5.97 Å². The summed E-state index contributed by atoms with van der Waals surface area (Å²) >= 11 is 0. The molecule has 0 aliphatic carbocycles. The van der Waals surface area contributed by atoms with Crippen LogP contribution in [0.1, 0.15) is 17.3 Å². The molecule has 0 fully saturated rings. The number of carbonyl (C=O) groups is 2. The predicted molar refractivity (Wildman–Crippen MR) is 89.1 cm³/mol. The van der Waals surface area contributed by atoms with E-state index in [4.69, 9.17) is 5.11 Å². The number of benzene rings is 2. The second-order valence-corrected chi connectivity index (χ2v) is 4.96. The van der Waals surface area contributed by atoms with E-state index in [1.54, 1.807) is 31.2 Å². The number of aromatic carboxylic acids is 1. The van der Waals surface area contributed by atoms with Gasteiger partial charge in [0.1, 0.15) is 17.0 Å². The summed E-state index contributed by atoms with van der Waals surface area (Å²) in [6.07, 6.45) is 0. The molecule has 0 spiro atoms. The minimum atomic E-state index is -1.30. The number of amides is 1. The normalized spacial score (nSPS) is 10.5. The van der Waals surface area contributed by atoms with Crippen LogP contribution in [0.5, 0.6) is 5.75 Å². The number of rotatable bonds is 5. The fourth-order valence-corrected chi connectivity index (χ4v) is 1.83. The SMILES string of the molecule is C=C(C)C(=O)Nc1cccc(N=Nc2cccc(O)c2C(=O)O)c1. The van der Waals surface area contributed by atoms with Crippen molar-refractivity contribution in [1.29, 1.82) is 0 Å². The maximum atomic E-state index is 11.6. The van der Waals surface area contributed by atoms with Crippen molar-refractivity contribution < 1.29 is 19.8 Å². The third kappa shape index (κ3) is 4.04. The number of anilines is 1. The Bertz CT molecular complexity index is 843. The molecule has 7 heteroatoms. The smallest absolute Gasteiger partial charge is 0.341 e. The van der Waals surface area contributed by atoms with Crippen LogP contribution < -0.4 is 5.32 Å². The summed E-state index contributed by atoms with van der Waals surface area (Å²) in [6, 6.07) is 10.7. The quantitative estimate of drug-likeness (QED) is 0.569. The summed E-state index contributed by atoms with van der Waals surface area (Å²) in [4.78, 5) is 22.8. The van der Waals surface area contributed by atoms with E-state index in [9.17, 15) is 14.7 Å². The molecule has 0 saturated heterocycles. The summed E-state index contributed by atoms with van der Waals surface area (Å²) in [5, 5.41) is 29.2. The molecule has 0 saturated carbocycles. The first kappa shape index (κ1) is 16.9. The van der Waals surface area contributed by atoms with Crippen LogP contribution in [-0.4, -0.2) is 22.1 Å². The Morgan fingerprint density at radius 2 is 1.83 bits per heavy atom. The van der Waals surface area contributed by atoms with Gasteiger partial charge in [0.15, 0.2) is 0 Å². The largest absolute Gasteiger partial charge is 0.507 e. The number of carboxylic acids is 1. The molecule has 2 aromatic carbocycles. The van der Waals surface area contributed by atoms with Gasteiger partial charge in [0.05, 0.1) is 5.69 Å². The molecule has 0 radical (unpaired) electrons. The molecule has 2 rings (SSSR count). The van der Waals surface area contributed by atoms with Gasteiger partial charge in [-0.2, -0.15) is 5.11 Å². The van der Waals surface area contributed by atoms with Crippen molar-refractivity contribution in [2.24, 2.45) is 10.2 Å². The van der Waals surface area contributed by atoms with Gasteiger partial charge >= 0.3 is 5.97 Å². The van der Waals surface area contributed by atoms with Crippen LogP contribution in [0.4, 0.5) is 17.1 Å². The average molecular weight is 325 g/mol. The number of carboxylic acid groups (broad SMARTS) is 1. The molecule has 7 nitrogen and oxygen atoms in total. The van der Waals surface area contributed by atoms with E-state index in [2.05, 4.69) is 22.1 Å². The number of nitrogens with zero attached hydrogens (tertiary/aromatic N) is 2. The third-order valence-corrected chi connectivity index (χ3v) is 3.00. The Balaban J connectivity index is 2.28. The van der Waals surface area contributed by atoms with Gasteiger partial charge in [-0.15, -0.1) is 5.11 Å². The molecule has 0 atom stereocenters. The first-order chi connectivity index (χ1) is 11.4. The van der Waals surface area contributed by atoms with E-state index in [0.29, 0.717) is 16.9 Å². The van der Waals surface area contributed by atoms with E-state index in [1.165, 1.54) is 18.2 Å². The number of aromatic hydroxyl groups is 1. The molecule has 24 heavy (non-hydrogen) atoms. The van der Waals surface area contributed by atoms with Crippen LogP contribution in [0.25, 0.3) is 0 Å². The number of hydrogen-bond donors (Lipinski definition) is 3. The Morgan fingerprint density at radius 3 is 2.50 bits per heavy atom. The summed E-state index contributed by atoms with van der Waals surface area (Å²) in [6.45, 7) is 5.14. The minimum Gasteiger partial charge on any atom is -0.507 e. The highest BCUT2D eigenvalue weighted by Gasteiger charge is 2.14. The molecular formula is C17H15N3O4. The van der Waals surface area contributed by atoms with E-state index in [-0.39, 0.29) is 22.9 Å². The van der Waals surface area contributed by atoms with Crippen LogP contribution in [0.3, 0.4) is 0 Å². The molecule has 0 bridgehead atoms. The number of nitrogens with one attached hydrogen (secondary N) is 1. The summed E-state index contributed by atoms with van der Waals surface area (Å²) in [7, 11) is 0. The van der Waals surface area contributed by atoms with Crippen molar-refractivity contribution in [2.75, 3.05) is 5.32 Å². The third-order valence-electron chi connectivity index (χ3n) is 3.00. The Labute approximate surface area is 138 Å². The lowest BCUT2D eigenvalue weighted by Gasteiger charge is -2.05. The monoisotopic (exact) mass is 325 g/mol. The molecule has 2 aromatic rings. The standard InChI is InChI=1S/C17H15N3O4/c1-10(2)16(22)18-11-5-3-6-12(9-11)19-20-13-7-4-8-14(21)15(13)17(23)24/h3-9,21H,1H2,2H3,(H,18,22)(H,23,24). The van der Waals surface area contributed by atoms with Gasteiger partial charge in [-0.1, -0.05) is 18.7 Å². The fraction of sp³-hybridized carbons (Fsp3) is 0.0588. The summed E-state index contributed by atoms with van der Waals surface area (Å²) < 4.78 is 0. The molecule has 0 heterocycles. The number of azo groups is 1. The molecule has 0 aliphatic heterocycles. The number of phenols is 1. The van der Waals surface area contributed by atoms with Crippen molar-refractivity contribution in [3.05, 3.63) is 60.2 Å². The van der Waals surface area contributed by atoms with Gasteiger partial charge in [-0.25, -0.2) is 4.79 Å². The minimum absolute atomic E-state index is 0.0267. The maximum Gasteiger partial charge on any atom is 0.341 e. The number of carbonyl (C=O) groups excluding carboxylic acids is 1. The molecule has 0 aliphatic rings. The lowest BCUT2D eigenvalue weighted by atomic mass is 10.1. The van der Waals surface area contributed by atoms with Gasteiger partial charge in [0.2, 0.25) is 0 Å². The van der Waals surface area contributed by atoms with Crippen molar-refractivity contribution in [1.82, 2.24) is 0 Å². The van der Waals surface area contributed by atoms with Crippen molar-refractivity contribution in [3.63, 3.8) is 0 Å². The number of hydrogen-bond acceptors (Lipinski definition) is 5. The summed E-state index contributed by atoms with van der Waals surface area (Å²) in [5.74, 6) is -2.00. The van der Waals surface area contributed by atoms with E-state index in [1.807, 2.05) is 0 Å². The van der Waals surface area contributed by atoms with Crippen LogP contribution in [0.2, 0.25) is 0 Å². The zero-order valence-electron chi connectivity index (χ0n) is 12.9.